The first-order chi connectivity index (χ1) is 13.1. The van der Waals surface area contributed by atoms with Gasteiger partial charge in [0.1, 0.15) is 5.69 Å². The van der Waals surface area contributed by atoms with Gasteiger partial charge in [0.05, 0.1) is 25.1 Å². The van der Waals surface area contributed by atoms with Crippen molar-refractivity contribution in [2.45, 2.75) is 25.6 Å². The lowest BCUT2D eigenvalue weighted by atomic mass is 10.0. The van der Waals surface area contributed by atoms with Crippen molar-refractivity contribution < 1.29 is 19.1 Å². The zero-order valence-corrected chi connectivity index (χ0v) is 15.7. The van der Waals surface area contributed by atoms with Gasteiger partial charge in [-0.2, -0.15) is 0 Å². The quantitative estimate of drug-likeness (QED) is 0.760. The van der Waals surface area contributed by atoms with Crippen molar-refractivity contribution in [2.24, 2.45) is 0 Å². The summed E-state index contributed by atoms with van der Waals surface area (Å²) in [5.74, 6) is -0.404. The van der Waals surface area contributed by atoms with Gasteiger partial charge in [-0.05, 0) is 12.1 Å². The van der Waals surface area contributed by atoms with E-state index in [1.165, 1.54) is 0 Å². The van der Waals surface area contributed by atoms with Crippen molar-refractivity contribution in [1.82, 2.24) is 14.8 Å². The van der Waals surface area contributed by atoms with Crippen LogP contribution in [0.3, 0.4) is 0 Å². The molecule has 4 rings (SSSR count). The lowest BCUT2D eigenvalue weighted by Gasteiger charge is -2.38. The normalized spacial score (nSPS) is 22.3. The lowest BCUT2D eigenvalue weighted by Crippen LogP contribution is -2.50. The van der Waals surface area contributed by atoms with Gasteiger partial charge in [0.15, 0.2) is 5.79 Å². The molecule has 27 heavy (non-hydrogen) atoms. The van der Waals surface area contributed by atoms with Crippen molar-refractivity contribution >= 4 is 17.5 Å². The maximum absolute atomic E-state index is 12.6. The van der Waals surface area contributed by atoms with E-state index in [1.807, 2.05) is 6.07 Å². The van der Waals surface area contributed by atoms with E-state index in [2.05, 4.69) is 9.88 Å². The molecular weight excluding hydrogens is 348 g/mol. The minimum absolute atomic E-state index is 0.0568. The molecule has 8 nitrogen and oxygen atoms in total. The van der Waals surface area contributed by atoms with Gasteiger partial charge in [0.25, 0.3) is 5.91 Å². The van der Waals surface area contributed by atoms with Gasteiger partial charge >= 0.3 is 0 Å². The summed E-state index contributed by atoms with van der Waals surface area (Å²) in [7, 11) is 0. The average molecular weight is 374 g/mol. The molecule has 1 aromatic rings. The van der Waals surface area contributed by atoms with E-state index in [0.717, 1.165) is 31.6 Å². The number of carbonyl (C=O) groups is 2. The van der Waals surface area contributed by atoms with E-state index >= 15 is 0 Å². The van der Waals surface area contributed by atoms with Gasteiger partial charge < -0.3 is 24.2 Å². The number of carbonyl (C=O) groups excluding carboxylic acids is 2. The highest BCUT2D eigenvalue weighted by Crippen LogP contribution is 2.33. The first kappa shape index (κ1) is 18.2. The van der Waals surface area contributed by atoms with Gasteiger partial charge in [-0.15, -0.1) is 0 Å². The van der Waals surface area contributed by atoms with Crippen molar-refractivity contribution in [3.63, 3.8) is 0 Å². The number of amides is 2. The highest BCUT2D eigenvalue weighted by molar-refractivity contribution is 5.92. The SMILES string of the molecule is CC(=O)N1CCN(C(=O)c2ccc(N3CCC4(CC3)OCCO4)cn2)CC1. The summed E-state index contributed by atoms with van der Waals surface area (Å²) in [6.45, 7) is 6.89. The van der Waals surface area contributed by atoms with E-state index in [1.54, 1.807) is 29.0 Å². The number of hydrogen-bond donors (Lipinski definition) is 0. The Hall–Kier alpha value is -2.19. The largest absolute Gasteiger partial charge is 0.370 e. The van der Waals surface area contributed by atoms with Crippen LogP contribution in [0.25, 0.3) is 0 Å². The summed E-state index contributed by atoms with van der Waals surface area (Å²) >= 11 is 0. The van der Waals surface area contributed by atoms with Crippen LogP contribution in [-0.4, -0.2) is 84.9 Å². The Kier molecular flexibility index (Phi) is 5.01. The van der Waals surface area contributed by atoms with Crippen LogP contribution < -0.4 is 4.90 Å². The second-order valence-electron chi connectivity index (χ2n) is 7.29. The van der Waals surface area contributed by atoms with Crippen molar-refractivity contribution in [1.29, 1.82) is 0 Å². The van der Waals surface area contributed by atoms with Gasteiger partial charge in [-0.3, -0.25) is 9.59 Å². The molecule has 3 aliphatic rings. The first-order valence-corrected chi connectivity index (χ1v) is 9.60. The third kappa shape index (κ3) is 3.77. The highest BCUT2D eigenvalue weighted by Gasteiger charge is 2.39. The van der Waals surface area contributed by atoms with Gasteiger partial charge in [-0.1, -0.05) is 0 Å². The summed E-state index contributed by atoms with van der Waals surface area (Å²) in [6.07, 6.45) is 3.45. The minimum atomic E-state index is -0.387. The predicted octanol–water partition coefficient (Wildman–Crippen LogP) is 0.729. The maximum atomic E-state index is 12.6. The smallest absolute Gasteiger partial charge is 0.272 e. The fourth-order valence-electron chi connectivity index (χ4n) is 3.98. The predicted molar refractivity (Wildman–Crippen MR) is 98.5 cm³/mol. The Balaban J connectivity index is 1.34. The summed E-state index contributed by atoms with van der Waals surface area (Å²) in [5, 5.41) is 0. The molecular formula is C19H26N4O4. The summed E-state index contributed by atoms with van der Waals surface area (Å²) in [5.41, 5.74) is 1.46. The van der Waals surface area contributed by atoms with Crippen LogP contribution in [0.5, 0.6) is 0 Å². The van der Waals surface area contributed by atoms with Crippen molar-refractivity contribution in [3.8, 4) is 0 Å². The third-order valence-electron chi connectivity index (χ3n) is 5.68. The molecule has 1 spiro atoms. The molecule has 1 aromatic heterocycles. The zero-order valence-electron chi connectivity index (χ0n) is 15.7. The molecule has 0 aliphatic carbocycles. The third-order valence-corrected chi connectivity index (χ3v) is 5.68. The topological polar surface area (TPSA) is 75.2 Å². The molecule has 0 N–H and O–H groups in total. The summed E-state index contributed by atoms with van der Waals surface area (Å²) in [4.78, 5) is 34.2. The van der Waals surface area contributed by atoms with Crippen molar-refractivity contribution in [3.05, 3.63) is 24.0 Å². The molecule has 0 radical (unpaired) electrons. The van der Waals surface area contributed by atoms with E-state index in [0.29, 0.717) is 45.1 Å². The number of ether oxygens (including phenoxy) is 2. The number of nitrogens with zero attached hydrogens (tertiary/aromatic N) is 4. The van der Waals surface area contributed by atoms with E-state index < -0.39 is 0 Å². The second kappa shape index (κ2) is 7.44. The van der Waals surface area contributed by atoms with Crippen LogP contribution in [0.2, 0.25) is 0 Å². The molecule has 0 aromatic carbocycles. The summed E-state index contributed by atoms with van der Waals surface area (Å²) in [6, 6.07) is 3.75. The van der Waals surface area contributed by atoms with Gasteiger partial charge in [0.2, 0.25) is 5.91 Å². The first-order valence-electron chi connectivity index (χ1n) is 9.60. The molecule has 4 heterocycles. The van der Waals surface area contributed by atoms with E-state index in [4.69, 9.17) is 9.47 Å². The Bertz CT molecular complexity index is 684. The van der Waals surface area contributed by atoms with Crippen LogP contribution in [0.1, 0.15) is 30.3 Å². The van der Waals surface area contributed by atoms with Crippen LogP contribution in [0, 0.1) is 0 Å². The molecule has 0 atom stereocenters. The Morgan fingerprint density at radius 3 is 2.15 bits per heavy atom. The maximum Gasteiger partial charge on any atom is 0.272 e. The van der Waals surface area contributed by atoms with Crippen LogP contribution >= 0.6 is 0 Å². The van der Waals surface area contributed by atoms with Gasteiger partial charge in [0, 0.05) is 59.0 Å². The lowest BCUT2D eigenvalue weighted by molar-refractivity contribution is -0.169. The number of hydrogen-bond acceptors (Lipinski definition) is 6. The standard InChI is InChI=1S/C19H26N4O4/c1-15(24)21-8-10-23(11-9-21)18(25)17-3-2-16(14-20-17)22-6-4-19(5-7-22)26-12-13-27-19/h2-3,14H,4-13H2,1H3. The Morgan fingerprint density at radius 1 is 0.963 bits per heavy atom. The fourth-order valence-corrected chi connectivity index (χ4v) is 3.98. The zero-order chi connectivity index (χ0) is 18.9. The molecule has 3 aliphatic heterocycles. The van der Waals surface area contributed by atoms with E-state index in [-0.39, 0.29) is 17.6 Å². The molecule has 8 heteroatoms. The molecule has 2 amide bonds. The van der Waals surface area contributed by atoms with E-state index in [9.17, 15) is 9.59 Å². The molecule has 0 bridgehead atoms. The van der Waals surface area contributed by atoms with Crippen molar-refractivity contribution in [2.75, 3.05) is 57.4 Å². The Morgan fingerprint density at radius 2 is 1.59 bits per heavy atom. The number of anilines is 1. The van der Waals surface area contributed by atoms with Crippen LogP contribution in [0.4, 0.5) is 5.69 Å². The van der Waals surface area contributed by atoms with Gasteiger partial charge in [-0.25, -0.2) is 4.98 Å². The molecule has 0 unspecified atom stereocenters. The molecule has 3 saturated heterocycles. The summed E-state index contributed by atoms with van der Waals surface area (Å²) < 4.78 is 11.5. The second-order valence-corrected chi connectivity index (χ2v) is 7.29. The monoisotopic (exact) mass is 374 g/mol. The molecule has 0 saturated carbocycles. The van der Waals surface area contributed by atoms with Crippen LogP contribution in [0.15, 0.2) is 18.3 Å². The fraction of sp³-hybridized carbons (Fsp3) is 0.632. The number of piperidine rings is 1. The number of rotatable bonds is 2. The molecule has 146 valence electrons. The highest BCUT2D eigenvalue weighted by atomic mass is 16.7. The average Bonchev–Trinajstić information content (AvgIpc) is 3.16. The van der Waals surface area contributed by atoms with Crippen LogP contribution in [-0.2, 0) is 14.3 Å². The molecule has 3 fully saturated rings. The number of piperazine rings is 1. The number of aromatic nitrogens is 1. The minimum Gasteiger partial charge on any atom is -0.370 e. The number of pyridine rings is 1. The Labute approximate surface area is 159 Å².